The number of halogens is 1. The van der Waals surface area contributed by atoms with Crippen molar-refractivity contribution >= 4 is 17.3 Å². The second kappa shape index (κ2) is 8.32. The van der Waals surface area contributed by atoms with Gasteiger partial charge in [0.15, 0.2) is 0 Å². The first-order valence-corrected chi connectivity index (χ1v) is 9.22. The van der Waals surface area contributed by atoms with E-state index >= 15 is 0 Å². The minimum absolute atomic E-state index is 0.00594. The van der Waals surface area contributed by atoms with E-state index in [9.17, 15) is 9.18 Å². The third-order valence-corrected chi connectivity index (χ3v) is 5.06. The highest BCUT2D eigenvalue weighted by molar-refractivity contribution is 5.94. The van der Waals surface area contributed by atoms with Crippen LogP contribution in [0.4, 0.5) is 15.8 Å². The van der Waals surface area contributed by atoms with Crippen LogP contribution in [-0.2, 0) is 11.2 Å². The van der Waals surface area contributed by atoms with Crippen LogP contribution in [0.15, 0.2) is 48.5 Å². The van der Waals surface area contributed by atoms with Gasteiger partial charge in [-0.05, 0) is 43.2 Å². The molecule has 2 aromatic rings. The highest BCUT2D eigenvalue weighted by Crippen LogP contribution is 2.21. The van der Waals surface area contributed by atoms with Gasteiger partial charge in [0.25, 0.3) is 0 Å². The molecule has 26 heavy (non-hydrogen) atoms. The van der Waals surface area contributed by atoms with Crippen LogP contribution in [0.1, 0.15) is 19.4 Å². The first-order valence-electron chi connectivity index (χ1n) is 9.22. The fraction of sp³-hybridized carbons (Fsp3) is 0.381. The SMILES string of the molecule is CCc1ccc(NC(=O)C(C)N2CCN(c3ccccc3F)CC2)cc1. The summed E-state index contributed by atoms with van der Waals surface area (Å²) in [4.78, 5) is 16.7. The van der Waals surface area contributed by atoms with Crippen LogP contribution in [-0.4, -0.2) is 43.0 Å². The number of amides is 1. The Morgan fingerprint density at radius 1 is 1.08 bits per heavy atom. The molecule has 1 fully saturated rings. The van der Waals surface area contributed by atoms with Crippen molar-refractivity contribution in [1.82, 2.24) is 4.90 Å². The Balaban J connectivity index is 1.54. The summed E-state index contributed by atoms with van der Waals surface area (Å²) in [6.07, 6.45) is 0.983. The standard InChI is InChI=1S/C21H26FN3O/c1-3-17-8-10-18(11-9-17)23-21(26)16(2)24-12-14-25(15-13-24)20-7-5-4-6-19(20)22/h4-11,16H,3,12-15H2,1-2H3,(H,23,26). The van der Waals surface area contributed by atoms with Gasteiger partial charge >= 0.3 is 0 Å². The van der Waals surface area contributed by atoms with E-state index in [1.807, 2.05) is 42.2 Å². The number of nitrogens with zero attached hydrogens (tertiary/aromatic N) is 2. The van der Waals surface area contributed by atoms with Gasteiger partial charge in [-0.1, -0.05) is 31.2 Å². The van der Waals surface area contributed by atoms with Crippen molar-refractivity contribution in [2.45, 2.75) is 26.3 Å². The Labute approximate surface area is 154 Å². The predicted molar refractivity (Wildman–Crippen MR) is 104 cm³/mol. The van der Waals surface area contributed by atoms with Gasteiger partial charge in [0, 0.05) is 31.9 Å². The van der Waals surface area contributed by atoms with E-state index in [2.05, 4.69) is 17.1 Å². The monoisotopic (exact) mass is 355 g/mol. The molecule has 1 amide bonds. The predicted octanol–water partition coefficient (Wildman–Crippen LogP) is 3.54. The van der Waals surface area contributed by atoms with E-state index < -0.39 is 0 Å². The van der Waals surface area contributed by atoms with Crippen LogP contribution in [0.3, 0.4) is 0 Å². The van der Waals surface area contributed by atoms with Gasteiger partial charge in [-0.15, -0.1) is 0 Å². The van der Waals surface area contributed by atoms with E-state index in [1.54, 1.807) is 12.1 Å². The van der Waals surface area contributed by atoms with Crippen LogP contribution in [0.2, 0.25) is 0 Å². The minimum Gasteiger partial charge on any atom is -0.367 e. The number of aryl methyl sites for hydroxylation is 1. The molecule has 0 bridgehead atoms. The third kappa shape index (κ3) is 4.22. The van der Waals surface area contributed by atoms with Crippen LogP contribution >= 0.6 is 0 Å². The summed E-state index contributed by atoms with van der Waals surface area (Å²) in [6.45, 7) is 6.92. The number of hydrogen-bond acceptors (Lipinski definition) is 3. The zero-order valence-corrected chi connectivity index (χ0v) is 15.4. The van der Waals surface area contributed by atoms with Crippen molar-refractivity contribution in [3.05, 3.63) is 59.9 Å². The largest absolute Gasteiger partial charge is 0.367 e. The second-order valence-electron chi connectivity index (χ2n) is 6.69. The molecule has 3 rings (SSSR count). The average molecular weight is 355 g/mol. The van der Waals surface area contributed by atoms with E-state index in [1.165, 1.54) is 11.6 Å². The molecular formula is C21H26FN3O. The molecule has 0 saturated carbocycles. The van der Waals surface area contributed by atoms with Crippen molar-refractivity contribution in [3.63, 3.8) is 0 Å². The zero-order chi connectivity index (χ0) is 18.5. The van der Waals surface area contributed by atoms with Gasteiger partial charge in [-0.3, -0.25) is 9.69 Å². The molecule has 0 radical (unpaired) electrons. The van der Waals surface area contributed by atoms with Gasteiger partial charge < -0.3 is 10.2 Å². The Hall–Kier alpha value is -2.40. The maximum atomic E-state index is 13.9. The maximum absolute atomic E-state index is 13.9. The van der Waals surface area contributed by atoms with E-state index in [4.69, 9.17) is 0 Å². The summed E-state index contributed by atoms with van der Waals surface area (Å²) < 4.78 is 13.9. The van der Waals surface area contributed by atoms with Crippen LogP contribution in [0.5, 0.6) is 0 Å². The Morgan fingerprint density at radius 3 is 2.35 bits per heavy atom. The summed E-state index contributed by atoms with van der Waals surface area (Å²) in [5.41, 5.74) is 2.71. The van der Waals surface area contributed by atoms with Crippen molar-refractivity contribution in [1.29, 1.82) is 0 Å². The number of carbonyl (C=O) groups excluding carboxylic acids is 1. The van der Waals surface area contributed by atoms with E-state index in [-0.39, 0.29) is 17.8 Å². The van der Waals surface area contributed by atoms with Gasteiger partial charge in [0.2, 0.25) is 5.91 Å². The second-order valence-corrected chi connectivity index (χ2v) is 6.69. The molecule has 1 aliphatic rings. The zero-order valence-electron chi connectivity index (χ0n) is 15.4. The van der Waals surface area contributed by atoms with Crippen molar-refractivity contribution in [2.75, 3.05) is 36.4 Å². The number of piperazine rings is 1. The van der Waals surface area contributed by atoms with Crippen molar-refractivity contribution in [2.24, 2.45) is 0 Å². The van der Waals surface area contributed by atoms with Crippen LogP contribution in [0.25, 0.3) is 0 Å². The van der Waals surface area contributed by atoms with Gasteiger partial charge in [-0.25, -0.2) is 4.39 Å². The maximum Gasteiger partial charge on any atom is 0.241 e. The highest BCUT2D eigenvalue weighted by Gasteiger charge is 2.26. The molecule has 0 aromatic heterocycles. The molecule has 0 aliphatic carbocycles. The van der Waals surface area contributed by atoms with E-state index in [0.29, 0.717) is 18.8 Å². The Kier molecular flexibility index (Phi) is 5.89. The topological polar surface area (TPSA) is 35.6 Å². The quantitative estimate of drug-likeness (QED) is 0.891. The summed E-state index contributed by atoms with van der Waals surface area (Å²) in [5.74, 6) is -0.198. The number of benzene rings is 2. The lowest BCUT2D eigenvalue weighted by Gasteiger charge is -2.38. The minimum atomic E-state index is -0.219. The molecule has 1 atom stereocenters. The molecule has 2 aromatic carbocycles. The van der Waals surface area contributed by atoms with Gasteiger partial charge in [0.05, 0.1) is 11.7 Å². The molecule has 1 unspecified atom stereocenters. The lowest BCUT2D eigenvalue weighted by molar-refractivity contribution is -0.120. The fourth-order valence-corrected chi connectivity index (χ4v) is 3.29. The normalized spacial score (nSPS) is 16.3. The van der Waals surface area contributed by atoms with Gasteiger partial charge in [0.1, 0.15) is 5.82 Å². The molecule has 0 spiro atoms. The summed E-state index contributed by atoms with van der Waals surface area (Å²) in [7, 11) is 0. The number of anilines is 2. The molecular weight excluding hydrogens is 329 g/mol. The Bertz CT molecular complexity index is 739. The highest BCUT2D eigenvalue weighted by atomic mass is 19.1. The molecule has 1 N–H and O–H groups in total. The molecule has 5 heteroatoms. The number of para-hydroxylation sites is 1. The van der Waals surface area contributed by atoms with Gasteiger partial charge in [-0.2, -0.15) is 0 Å². The molecule has 1 aliphatic heterocycles. The number of carbonyl (C=O) groups is 1. The summed E-state index contributed by atoms with van der Waals surface area (Å²) in [6, 6.07) is 14.6. The number of nitrogens with one attached hydrogen (secondary N) is 1. The first-order chi connectivity index (χ1) is 12.6. The first kappa shape index (κ1) is 18.4. The molecule has 138 valence electrons. The lowest BCUT2D eigenvalue weighted by Crippen LogP contribution is -2.53. The average Bonchev–Trinajstić information content (AvgIpc) is 2.68. The third-order valence-electron chi connectivity index (χ3n) is 5.06. The Morgan fingerprint density at radius 2 is 1.73 bits per heavy atom. The smallest absolute Gasteiger partial charge is 0.241 e. The van der Waals surface area contributed by atoms with Crippen LogP contribution in [0, 0.1) is 5.82 Å². The number of rotatable bonds is 5. The van der Waals surface area contributed by atoms with Crippen molar-refractivity contribution < 1.29 is 9.18 Å². The summed E-state index contributed by atoms with van der Waals surface area (Å²) in [5, 5.41) is 2.99. The van der Waals surface area contributed by atoms with Crippen LogP contribution < -0.4 is 10.2 Å². The molecule has 4 nitrogen and oxygen atoms in total. The lowest BCUT2D eigenvalue weighted by atomic mass is 10.1. The van der Waals surface area contributed by atoms with E-state index in [0.717, 1.165) is 25.2 Å². The molecule has 1 saturated heterocycles. The fourth-order valence-electron chi connectivity index (χ4n) is 3.29. The van der Waals surface area contributed by atoms with Crippen molar-refractivity contribution in [3.8, 4) is 0 Å². The molecule has 1 heterocycles. The number of hydrogen-bond donors (Lipinski definition) is 1. The summed E-state index contributed by atoms with van der Waals surface area (Å²) >= 11 is 0.